The highest BCUT2D eigenvalue weighted by Crippen LogP contribution is 2.50. The summed E-state index contributed by atoms with van der Waals surface area (Å²) in [5.41, 5.74) is 6.49. The van der Waals surface area contributed by atoms with E-state index in [1.165, 1.54) is 9.75 Å². The molecule has 2 nitrogen and oxygen atoms in total. The molecule has 2 aromatic rings. The maximum absolute atomic E-state index is 6.14. The van der Waals surface area contributed by atoms with Crippen LogP contribution in [-0.2, 0) is 5.72 Å². The van der Waals surface area contributed by atoms with Crippen LogP contribution < -0.4 is 10.5 Å². The van der Waals surface area contributed by atoms with E-state index in [4.69, 9.17) is 10.5 Å². The van der Waals surface area contributed by atoms with Gasteiger partial charge < -0.3 is 4.74 Å². The molecule has 3 heterocycles. The molecule has 1 atom stereocenters. The van der Waals surface area contributed by atoms with Crippen molar-refractivity contribution < 1.29 is 4.74 Å². The predicted octanol–water partition coefficient (Wildman–Crippen LogP) is 3.76. The number of rotatable bonds is 0. The standard InChI is InChI=1S/C10H8BrNOS2/c1-10(12)5-4-7(11)15-8(5)9-6(13-10)2-3-14-9/h2-4H,12H2,1H3. The molecule has 0 bridgehead atoms. The van der Waals surface area contributed by atoms with Gasteiger partial charge in [0.2, 0.25) is 0 Å². The fourth-order valence-electron chi connectivity index (χ4n) is 1.73. The second kappa shape index (κ2) is 3.07. The van der Waals surface area contributed by atoms with Gasteiger partial charge in [-0.25, -0.2) is 0 Å². The molecule has 0 aliphatic carbocycles. The Kier molecular flexibility index (Phi) is 2.01. The quantitative estimate of drug-likeness (QED) is 0.804. The first kappa shape index (κ1) is 9.84. The number of halogens is 1. The smallest absolute Gasteiger partial charge is 0.183 e. The summed E-state index contributed by atoms with van der Waals surface area (Å²) >= 11 is 6.89. The average Bonchev–Trinajstić information content (AvgIpc) is 2.69. The van der Waals surface area contributed by atoms with E-state index in [0.29, 0.717) is 0 Å². The SMILES string of the molecule is CC1(N)Oc2ccsc2-c2sc(Br)cc21. The zero-order valence-electron chi connectivity index (χ0n) is 7.91. The first-order chi connectivity index (χ1) is 7.08. The average molecular weight is 302 g/mol. The van der Waals surface area contributed by atoms with Crippen LogP contribution in [0.3, 0.4) is 0 Å². The zero-order chi connectivity index (χ0) is 10.6. The molecule has 15 heavy (non-hydrogen) atoms. The zero-order valence-corrected chi connectivity index (χ0v) is 11.1. The topological polar surface area (TPSA) is 35.2 Å². The lowest BCUT2D eigenvalue weighted by atomic mass is 10.0. The molecule has 0 saturated carbocycles. The van der Waals surface area contributed by atoms with E-state index < -0.39 is 5.72 Å². The molecule has 0 fully saturated rings. The minimum atomic E-state index is -0.716. The second-order valence-electron chi connectivity index (χ2n) is 3.62. The maximum atomic E-state index is 6.14. The highest BCUT2D eigenvalue weighted by molar-refractivity contribution is 9.11. The molecule has 0 spiro atoms. The molecule has 1 unspecified atom stereocenters. The Morgan fingerprint density at radius 2 is 2.27 bits per heavy atom. The molecule has 0 saturated heterocycles. The Labute approximate surface area is 104 Å². The molecule has 0 amide bonds. The Balaban J connectivity index is 2.33. The second-order valence-corrected chi connectivity index (χ2v) is 6.96. The lowest BCUT2D eigenvalue weighted by Crippen LogP contribution is -2.40. The number of hydrogen-bond acceptors (Lipinski definition) is 4. The summed E-state index contributed by atoms with van der Waals surface area (Å²) in [6, 6.07) is 4.02. The van der Waals surface area contributed by atoms with E-state index in [2.05, 4.69) is 15.9 Å². The van der Waals surface area contributed by atoms with E-state index in [-0.39, 0.29) is 0 Å². The summed E-state index contributed by atoms with van der Waals surface area (Å²) in [6.07, 6.45) is 0. The van der Waals surface area contributed by atoms with E-state index in [0.717, 1.165) is 15.1 Å². The highest BCUT2D eigenvalue weighted by atomic mass is 79.9. The van der Waals surface area contributed by atoms with E-state index in [1.54, 1.807) is 22.7 Å². The molecular weight excluding hydrogens is 294 g/mol. The fourth-order valence-corrected chi connectivity index (χ4v) is 4.42. The van der Waals surface area contributed by atoms with Gasteiger partial charge in [-0.15, -0.1) is 22.7 Å². The summed E-state index contributed by atoms with van der Waals surface area (Å²) in [5.74, 6) is 0.895. The van der Waals surface area contributed by atoms with Gasteiger partial charge in [0.1, 0.15) is 5.75 Å². The normalized spacial score (nSPS) is 23.1. The van der Waals surface area contributed by atoms with Gasteiger partial charge in [0, 0.05) is 5.56 Å². The van der Waals surface area contributed by atoms with Crippen molar-refractivity contribution >= 4 is 38.6 Å². The van der Waals surface area contributed by atoms with Crippen molar-refractivity contribution in [1.82, 2.24) is 0 Å². The third-order valence-electron chi connectivity index (χ3n) is 2.39. The molecule has 5 heteroatoms. The first-order valence-corrected chi connectivity index (χ1v) is 6.92. The minimum Gasteiger partial charge on any atom is -0.467 e. The van der Waals surface area contributed by atoms with Crippen LogP contribution in [-0.4, -0.2) is 0 Å². The van der Waals surface area contributed by atoms with Crippen LogP contribution in [0.2, 0.25) is 0 Å². The van der Waals surface area contributed by atoms with Gasteiger partial charge in [-0.1, -0.05) is 0 Å². The summed E-state index contributed by atoms with van der Waals surface area (Å²) in [7, 11) is 0. The summed E-state index contributed by atoms with van der Waals surface area (Å²) in [5, 5.41) is 2.03. The lowest BCUT2D eigenvalue weighted by Gasteiger charge is -2.30. The Bertz CT molecular complexity index is 529. The number of hydrogen-bond donors (Lipinski definition) is 1. The summed E-state index contributed by atoms with van der Waals surface area (Å²) in [6.45, 7) is 1.89. The third kappa shape index (κ3) is 1.38. The van der Waals surface area contributed by atoms with Crippen molar-refractivity contribution in [3.63, 3.8) is 0 Å². The van der Waals surface area contributed by atoms with Crippen LogP contribution in [0.1, 0.15) is 12.5 Å². The van der Waals surface area contributed by atoms with Crippen LogP contribution in [0.4, 0.5) is 0 Å². The Morgan fingerprint density at radius 3 is 3.07 bits per heavy atom. The molecule has 3 rings (SSSR count). The van der Waals surface area contributed by atoms with E-state index in [1.807, 2.05) is 24.4 Å². The van der Waals surface area contributed by atoms with Gasteiger partial charge in [-0.05, 0) is 40.4 Å². The van der Waals surface area contributed by atoms with Gasteiger partial charge >= 0.3 is 0 Å². The molecule has 0 radical (unpaired) electrons. The Morgan fingerprint density at radius 1 is 1.47 bits per heavy atom. The summed E-state index contributed by atoms with van der Waals surface area (Å²) in [4.78, 5) is 2.41. The Hall–Kier alpha value is -0.360. The third-order valence-corrected chi connectivity index (χ3v) is 5.09. The van der Waals surface area contributed by atoms with Crippen molar-refractivity contribution in [3.05, 3.63) is 26.9 Å². The van der Waals surface area contributed by atoms with Gasteiger partial charge in [-0.3, -0.25) is 5.73 Å². The first-order valence-electron chi connectivity index (χ1n) is 4.43. The fraction of sp³-hybridized carbons (Fsp3) is 0.200. The van der Waals surface area contributed by atoms with Crippen LogP contribution in [0, 0.1) is 0 Å². The van der Waals surface area contributed by atoms with Crippen molar-refractivity contribution in [2.75, 3.05) is 0 Å². The van der Waals surface area contributed by atoms with E-state index in [9.17, 15) is 0 Å². The lowest BCUT2D eigenvalue weighted by molar-refractivity contribution is 0.0931. The number of ether oxygens (including phenoxy) is 1. The molecule has 2 aromatic heterocycles. The van der Waals surface area contributed by atoms with Gasteiger partial charge in [0.05, 0.1) is 13.5 Å². The molecule has 1 aliphatic heterocycles. The molecule has 78 valence electrons. The predicted molar refractivity (Wildman–Crippen MR) is 67.5 cm³/mol. The number of nitrogens with two attached hydrogens (primary N) is 1. The van der Waals surface area contributed by atoms with Crippen LogP contribution in [0.5, 0.6) is 5.75 Å². The maximum Gasteiger partial charge on any atom is 0.183 e. The largest absolute Gasteiger partial charge is 0.467 e. The summed E-state index contributed by atoms with van der Waals surface area (Å²) < 4.78 is 6.86. The van der Waals surface area contributed by atoms with Gasteiger partial charge in [0.25, 0.3) is 0 Å². The molecular formula is C10H8BrNOS2. The van der Waals surface area contributed by atoms with Crippen molar-refractivity contribution in [3.8, 4) is 15.5 Å². The van der Waals surface area contributed by atoms with Crippen LogP contribution in [0.25, 0.3) is 9.75 Å². The van der Waals surface area contributed by atoms with Gasteiger partial charge in [0.15, 0.2) is 5.72 Å². The van der Waals surface area contributed by atoms with Crippen molar-refractivity contribution in [1.29, 1.82) is 0 Å². The monoisotopic (exact) mass is 301 g/mol. The number of thiophene rings is 2. The van der Waals surface area contributed by atoms with Crippen molar-refractivity contribution in [2.45, 2.75) is 12.6 Å². The number of fused-ring (bicyclic) bond motifs is 3. The van der Waals surface area contributed by atoms with Crippen LogP contribution >= 0.6 is 38.6 Å². The van der Waals surface area contributed by atoms with Gasteiger partial charge in [-0.2, -0.15) is 0 Å². The molecule has 0 aromatic carbocycles. The highest BCUT2D eigenvalue weighted by Gasteiger charge is 2.35. The van der Waals surface area contributed by atoms with Crippen molar-refractivity contribution in [2.24, 2.45) is 5.73 Å². The molecule has 2 N–H and O–H groups in total. The molecule has 1 aliphatic rings. The van der Waals surface area contributed by atoms with E-state index >= 15 is 0 Å². The van der Waals surface area contributed by atoms with Crippen LogP contribution in [0.15, 0.2) is 21.3 Å². The minimum absolute atomic E-state index is 0.716.